The summed E-state index contributed by atoms with van der Waals surface area (Å²) in [6, 6.07) is 0.290. The van der Waals surface area contributed by atoms with Gasteiger partial charge in [0.1, 0.15) is 17.5 Å². The van der Waals surface area contributed by atoms with Crippen molar-refractivity contribution in [3.63, 3.8) is 0 Å². The fraction of sp³-hybridized carbons (Fsp3) is 0.765. The predicted octanol–water partition coefficient (Wildman–Crippen LogP) is 2.91. The lowest BCUT2D eigenvalue weighted by atomic mass is 10.0. The number of hydrogen-bond donors (Lipinski definition) is 1. The maximum Gasteiger partial charge on any atom is 0.153 e. The minimum Gasteiger partial charge on any atom is -0.317 e. The third-order valence-electron chi connectivity index (χ3n) is 4.83. The number of nitrogens with zero attached hydrogens (tertiary/aromatic N) is 6. The van der Waals surface area contributed by atoms with Gasteiger partial charge in [-0.2, -0.15) is 5.10 Å². The van der Waals surface area contributed by atoms with Crippen molar-refractivity contribution in [1.29, 1.82) is 0 Å². The van der Waals surface area contributed by atoms with Gasteiger partial charge in [-0.3, -0.25) is 10.00 Å². The van der Waals surface area contributed by atoms with Crippen molar-refractivity contribution in [3.05, 3.63) is 23.3 Å². The zero-order valence-corrected chi connectivity index (χ0v) is 15.5. The van der Waals surface area contributed by atoms with E-state index in [1.54, 1.807) is 0 Å². The molecule has 132 valence electrons. The Balaban J connectivity index is 1.79. The summed E-state index contributed by atoms with van der Waals surface area (Å²) in [5.41, 5.74) is 0. The molecular weight excluding hydrogens is 302 g/mol. The third kappa shape index (κ3) is 3.36. The maximum atomic E-state index is 4.73. The van der Waals surface area contributed by atoms with Gasteiger partial charge in [-0.1, -0.05) is 34.1 Å². The minimum absolute atomic E-state index is 0.290. The van der Waals surface area contributed by atoms with Crippen molar-refractivity contribution in [2.45, 2.75) is 71.4 Å². The molecule has 1 aliphatic rings. The lowest BCUT2D eigenvalue weighted by molar-refractivity contribution is 0.129. The highest BCUT2D eigenvalue weighted by Crippen LogP contribution is 2.30. The van der Waals surface area contributed by atoms with E-state index in [1.807, 2.05) is 0 Å². The fourth-order valence-electron chi connectivity index (χ4n) is 3.38. The highest BCUT2D eigenvalue weighted by Gasteiger charge is 2.28. The standard InChI is InChI=1S/C17H29N7/c1-11(2)15-18-16(21-20-15)13-8-6-7-9-24(13)10-14-19-22-17(12(3)4)23(14)5/h11-13H,6-10H2,1-5H3,(H,18,20,21). The Hall–Kier alpha value is -1.76. The first-order chi connectivity index (χ1) is 11.5. The summed E-state index contributed by atoms with van der Waals surface area (Å²) in [5.74, 6) is 4.69. The van der Waals surface area contributed by atoms with Gasteiger partial charge in [-0.05, 0) is 19.4 Å². The third-order valence-corrected chi connectivity index (χ3v) is 4.83. The summed E-state index contributed by atoms with van der Waals surface area (Å²) in [6.07, 6.45) is 3.56. The normalized spacial score (nSPS) is 19.5. The molecule has 1 unspecified atom stereocenters. The van der Waals surface area contributed by atoms with E-state index in [9.17, 15) is 0 Å². The van der Waals surface area contributed by atoms with Gasteiger partial charge in [0.15, 0.2) is 5.82 Å². The molecular formula is C17H29N7. The Morgan fingerprint density at radius 1 is 1.12 bits per heavy atom. The van der Waals surface area contributed by atoms with Gasteiger partial charge < -0.3 is 4.57 Å². The summed E-state index contributed by atoms with van der Waals surface area (Å²) in [7, 11) is 2.06. The number of nitrogens with one attached hydrogen (secondary N) is 1. The van der Waals surface area contributed by atoms with Gasteiger partial charge in [0.05, 0.1) is 12.6 Å². The lowest BCUT2D eigenvalue weighted by Gasteiger charge is -2.33. The Morgan fingerprint density at radius 3 is 2.54 bits per heavy atom. The Morgan fingerprint density at radius 2 is 1.92 bits per heavy atom. The molecule has 1 atom stereocenters. The molecule has 0 aromatic carbocycles. The van der Waals surface area contributed by atoms with Crippen LogP contribution in [0.3, 0.4) is 0 Å². The smallest absolute Gasteiger partial charge is 0.153 e. The molecule has 3 rings (SSSR count). The number of likely N-dealkylation sites (tertiary alicyclic amines) is 1. The first kappa shape index (κ1) is 17.1. The van der Waals surface area contributed by atoms with Crippen molar-refractivity contribution in [1.82, 2.24) is 34.8 Å². The summed E-state index contributed by atoms with van der Waals surface area (Å²) in [5, 5.41) is 16.3. The lowest BCUT2D eigenvalue weighted by Crippen LogP contribution is -2.34. The average molecular weight is 331 g/mol. The van der Waals surface area contributed by atoms with Crippen molar-refractivity contribution in [2.24, 2.45) is 7.05 Å². The van der Waals surface area contributed by atoms with Gasteiger partial charge in [-0.25, -0.2) is 4.98 Å². The maximum absolute atomic E-state index is 4.73. The van der Waals surface area contributed by atoms with Gasteiger partial charge >= 0.3 is 0 Å². The second-order valence-electron chi connectivity index (χ2n) is 7.40. The van der Waals surface area contributed by atoms with E-state index in [1.165, 1.54) is 12.8 Å². The molecule has 24 heavy (non-hydrogen) atoms. The molecule has 1 aliphatic heterocycles. The Kier molecular flexibility index (Phi) is 4.99. The molecule has 2 aromatic rings. The van der Waals surface area contributed by atoms with Crippen LogP contribution in [0.4, 0.5) is 0 Å². The number of piperidine rings is 1. The van der Waals surface area contributed by atoms with Gasteiger partial charge in [0.2, 0.25) is 0 Å². The van der Waals surface area contributed by atoms with E-state index in [0.717, 1.165) is 42.8 Å². The predicted molar refractivity (Wildman–Crippen MR) is 92.6 cm³/mol. The van der Waals surface area contributed by atoms with Crippen LogP contribution in [0.2, 0.25) is 0 Å². The number of hydrogen-bond acceptors (Lipinski definition) is 5. The van der Waals surface area contributed by atoms with Crippen molar-refractivity contribution >= 4 is 0 Å². The topological polar surface area (TPSA) is 75.5 Å². The van der Waals surface area contributed by atoms with Crippen molar-refractivity contribution in [2.75, 3.05) is 6.54 Å². The van der Waals surface area contributed by atoms with Crippen LogP contribution in [0.5, 0.6) is 0 Å². The molecule has 7 nitrogen and oxygen atoms in total. The van der Waals surface area contributed by atoms with Crippen LogP contribution in [0, 0.1) is 0 Å². The number of rotatable bonds is 5. The monoisotopic (exact) mass is 331 g/mol. The molecule has 1 fully saturated rings. The minimum atomic E-state index is 0.290. The fourth-order valence-corrected chi connectivity index (χ4v) is 3.38. The quantitative estimate of drug-likeness (QED) is 0.911. The molecule has 3 heterocycles. The molecule has 0 amide bonds. The highest BCUT2D eigenvalue weighted by molar-refractivity contribution is 5.04. The molecule has 1 saturated heterocycles. The summed E-state index contributed by atoms with van der Waals surface area (Å²) in [6.45, 7) is 10.4. The summed E-state index contributed by atoms with van der Waals surface area (Å²) in [4.78, 5) is 7.19. The van der Waals surface area contributed by atoms with Gasteiger partial charge in [0, 0.05) is 18.9 Å². The van der Waals surface area contributed by atoms with E-state index < -0.39 is 0 Å². The van der Waals surface area contributed by atoms with E-state index in [4.69, 9.17) is 4.98 Å². The van der Waals surface area contributed by atoms with Crippen LogP contribution in [-0.2, 0) is 13.6 Å². The molecule has 0 radical (unpaired) electrons. The molecule has 0 saturated carbocycles. The highest BCUT2D eigenvalue weighted by atomic mass is 15.3. The van der Waals surface area contributed by atoms with E-state index in [0.29, 0.717) is 11.8 Å². The Bertz CT molecular complexity index is 670. The van der Waals surface area contributed by atoms with Crippen molar-refractivity contribution in [3.8, 4) is 0 Å². The second kappa shape index (κ2) is 7.01. The van der Waals surface area contributed by atoms with Crippen LogP contribution in [0.1, 0.15) is 88.1 Å². The number of aromatic nitrogens is 6. The number of aromatic amines is 1. The SMILES string of the molecule is CC(C)c1n[nH]c(C2CCCCN2Cc2nnc(C(C)C)n2C)n1. The first-order valence-corrected chi connectivity index (χ1v) is 9.01. The molecule has 0 bridgehead atoms. The van der Waals surface area contributed by atoms with Gasteiger partial charge in [0.25, 0.3) is 0 Å². The molecule has 0 spiro atoms. The Labute approximate surface area is 143 Å². The molecule has 0 aliphatic carbocycles. The summed E-state index contributed by atoms with van der Waals surface area (Å²) >= 11 is 0. The van der Waals surface area contributed by atoms with Crippen LogP contribution in [0.25, 0.3) is 0 Å². The van der Waals surface area contributed by atoms with Crippen LogP contribution < -0.4 is 0 Å². The summed E-state index contributed by atoms with van der Waals surface area (Å²) < 4.78 is 2.14. The molecule has 1 N–H and O–H groups in total. The zero-order chi connectivity index (χ0) is 17.3. The van der Waals surface area contributed by atoms with E-state index >= 15 is 0 Å². The van der Waals surface area contributed by atoms with Crippen LogP contribution in [-0.4, -0.2) is 41.4 Å². The van der Waals surface area contributed by atoms with Crippen molar-refractivity contribution < 1.29 is 0 Å². The van der Waals surface area contributed by atoms with Gasteiger partial charge in [-0.15, -0.1) is 10.2 Å². The van der Waals surface area contributed by atoms with Crippen LogP contribution >= 0.6 is 0 Å². The average Bonchev–Trinajstić information content (AvgIpc) is 3.16. The number of H-pyrrole nitrogens is 1. The van der Waals surface area contributed by atoms with E-state index in [2.05, 4.69) is 64.6 Å². The van der Waals surface area contributed by atoms with E-state index in [-0.39, 0.29) is 6.04 Å². The molecule has 2 aromatic heterocycles. The zero-order valence-electron chi connectivity index (χ0n) is 15.5. The second-order valence-corrected chi connectivity index (χ2v) is 7.40. The molecule has 7 heteroatoms. The first-order valence-electron chi connectivity index (χ1n) is 9.01. The van der Waals surface area contributed by atoms with Crippen LogP contribution in [0.15, 0.2) is 0 Å². The largest absolute Gasteiger partial charge is 0.317 e.